The van der Waals surface area contributed by atoms with Crippen molar-refractivity contribution in [3.05, 3.63) is 0 Å². The molecule has 2 amide bonds. The fourth-order valence-corrected chi connectivity index (χ4v) is 2.11. The summed E-state index contributed by atoms with van der Waals surface area (Å²) in [5.41, 5.74) is 0. The van der Waals surface area contributed by atoms with E-state index in [1.165, 1.54) is 9.80 Å². The maximum atomic E-state index is 12.3. The first-order chi connectivity index (χ1) is 8.63. The van der Waals surface area contributed by atoms with Crippen LogP contribution in [0, 0.1) is 0 Å². The summed E-state index contributed by atoms with van der Waals surface area (Å²) in [6.07, 6.45) is 1.71. The molecule has 0 aromatic carbocycles. The number of carboxylic acids is 1. The molecule has 1 saturated heterocycles. The second-order valence-corrected chi connectivity index (χ2v) is 4.64. The average molecular weight is 258 g/mol. The third kappa shape index (κ3) is 2.91. The zero-order valence-corrected chi connectivity index (χ0v) is 10.1. The molecule has 1 heterocycles. The maximum absolute atomic E-state index is 12.3. The number of amides is 2. The van der Waals surface area contributed by atoms with Crippen molar-refractivity contribution in [2.45, 2.75) is 24.9 Å². The monoisotopic (exact) mass is 258 g/mol. The van der Waals surface area contributed by atoms with Crippen LogP contribution < -0.4 is 0 Å². The summed E-state index contributed by atoms with van der Waals surface area (Å²) < 4.78 is 5.20. The molecule has 1 saturated carbocycles. The Kier molecular flexibility index (Phi) is 4.03. The molecule has 0 aromatic rings. The second-order valence-electron chi connectivity index (χ2n) is 4.64. The van der Waals surface area contributed by atoms with Gasteiger partial charge in [0, 0.05) is 12.6 Å². The van der Waals surface area contributed by atoms with E-state index in [0.29, 0.717) is 19.8 Å². The lowest BCUT2D eigenvalue weighted by Crippen LogP contribution is -2.56. The molecule has 2 N–H and O–H groups in total. The normalized spacial score (nSPS) is 23.8. The Bertz CT molecular complexity index is 331. The Morgan fingerprint density at radius 1 is 1.39 bits per heavy atom. The number of nitrogens with zero attached hydrogens (tertiary/aromatic N) is 2. The van der Waals surface area contributed by atoms with Crippen molar-refractivity contribution in [2.75, 3.05) is 32.9 Å². The summed E-state index contributed by atoms with van der Waals surface area (Å²) in [7, 11) is 0. The SMILES string of the molecule is O=C(O)CN(C(=O)N1CCOCC1CO)C1CC1. The molecule has 0 spiro atoms. The highest BCUT2D eigenvalue weighted by Crippen LogP contribution is 2.28. The first kappa shape index (κ1) is 13.1. The summed E-state index contributed by atoms with van der Waals surface area (Å²) in [6.45, 7) is 0.671. The van der Waals surface area contributed by atoms with Crippen LogP contribution in [0.2, 0.25) is 0 Å². The first-order valence-electron chi connectivity index (χ1n) is 6.11. The summed E-state index contributed by atoms with van der Waals surface area (Å²) in [5, 5.41) is 18.1. The van der Waals surface area contributed by atoms with Gasteiger partial charge in [0.15, 0.2) is 0 Å². The molecule has 2 aliphatic rings. The van der Waals surface area contributed by atoms with Crippen LogP contribution in [0.3, 0.4) is 0 Å². The van der Waals surface area contributed by atoms with Gasteiger partial charge in [0.2, 0.25) is 0 Å². The van der Waals surface area contributed by atoms with E-state index in [1.54, 1.807) is 0 Å². The first-order valence-corrected chi connectivity index (χ1v) is 6.11. The Hall–Kier alpha value is -1.34. The van der Waals surface area contributed by atoms with Crippen molar-refractivity contribution >= 4 is 12.0 Å². The summed E-state index contributed by atoms with van der Waals surface area (Å²) in [5.74, 6) is -1.01. The quantitative estimate of drug-likeness (QED) is 0.699. The van der Waals surface area contributed by atoms with Gasteiger partial charge >= 0.3 is 12.0 Å². The molecule has 1 unspecified atom stereocenters. The molecule has 18 heavy (non-hydrogen) atoms. The Balaban J connectivity index is 2.03. The predicted octanol–water partition coefficient (Wildman–Crippen LogP) is -0.651. The number of carbonyl (C=O) groups is 2. The van der Waals surface area contributed by atoms with E-state index in [0.717, 1.165) is 12.8 Å². The molecule has 1 atom stereocenters. The van der Waals surface area contributed by atoms with Gasteiger partial charge in [0.1, 0.15) is 6.54 Å². The molecular weight excluding hydrogens is 240 g/mol. The van der Waals surface area contributed by atoms with E-state index in [4.69, 9.17) is 9.84 Å². The van der Waals surface area contributed by atoms with Crippen LogP contribution in [0.5, 0.6) is 0 Å². The minimum atomic E-state index is -1.01. The van der Waals surface area contributed by atoms with Crippen LogP contribution >= 0.6 is 0 Å². The van der Waals surface area contributed by atoms with Gasteiger partial charge in [-0.25, -0.2) is 4.79 Å². The van der Waals surface area contributed by atoms with E-state index in [1.807, 2.05) is 0 Å². The zero-order chi connectivity index (χ0) is 13.1. The standard InChI is InChI=1S/C11H18N2O5/c14-6-9-7-18-4-3-12(9)11(17)13(5-10(15)16)8-1-2-8/h8-9,14H,1-7H2,(H,15,16). The minimum absolute atomic E-state index is 0.0378. The number of aliphatic hydroxyl groups excluding tert-OH is 1. The highest BCUT2D eigenvalue weighted by atomic mass is 16.5. The van der Waals surface area contributed by atoms with Crippen LogP contribution in [-0.4, -0.2) is 77.0 Å². The number of aliphatic hydroxyl groups is 1. The number of aliphatic carboxylic acids is 1. The lowest BCUT2D eigenvalue weighted by Gasteiger charge is -2.37. The van der Waals surface area contributed by atoms with Gasteiger partial charge in [-0.2, -0.15) is 0 Å². The zero-order valence-electron chi connectivity index (χ0n) is 10.1. The fraction of sp³-hybridized carbons (Fsp3) is 0.818. The second kappa shape index (κ2) is 5.53. The highest BCUT2D eigenvalue weighted by molar-refractivity contribution is 5.81. The van der Waals surface area contributed by atoms with Gasteiger partial charge in [0.25, 0.3) is 0 Å². The molecule has 7 heteroatoms. The third-order valence-corrected chi connectivity index (χ3v) is 3.22. The smallest absolute Gasteiger partial charge is 0.323 e. The molecule has 0 radical (unpaired) electrons. The number of hydrogen-bond acceptors (Lipinski definition) is 4. The Labute approximate surface area is 105 Å². The molecule has 1 aliphatic heterocycles. The van der Waals surface area contributed by atoms with Crippen molar-refractivity contribution in [3.8, 4) is 0 Å². The maximum Gasteiger partial charge on any atom is 0.323 e. The minimum Gasteiger partial charge on any atom is -0.480 e. The van der Waals surface area contributed by atoms with Gasteiger partial charge in [0.05, 0.1) is 25.9 Å². The van der Waals surface area contributed by atoms with E-state index in [-0.39, 0.29) is 31.3 Å². The largest absolute Gasteiger partial charge is 0.480 e. The Morgan fingerprint density at radius 2 is 2.11 bits per heavy atom. The molecular formula is C11H18N2O5. The van der Waals surface area contributed by atoms with Crippen molar-refractivity contribution in [2.24, 2.45) is 0 Å². The molecule has 0 aromatic heterocycles. The van der Waals surface area contributed by atoms with Gasteiger partial charge in [-0.1, -0.05) is 0 Å². The number of ether oxygens (including phenoxy) is 1. The van der Waals surface area contributed by atoms with Gasteiger partial charge in [-0.3, -0.25) is 4.79 Å². The van der Waals surface area contributed by atoms with Gasteiger partial charge in [-0.15, -0.1) is 0 Å². The van der Waals surface area contributed by atoms with Crippen LogP contribution in [0.1, 0.15) is 12.8 Å². The van der Waals surface area contributed by atoms with Gasteiger partial charge < -0.3 is 24.7 Å². The third-order valence-electron chi connectivity index (χ3n) is 3.22. The lowest BCUT2D eigenvalue weighted by atomic mass is 10.2. The summed E-state index contributed by atoms with van der Waals surface area (Å²) in [4.78, 5) is 26.0. The number of carbonyl (C=O) groups excluding carboxylic acids is 1. The molecule has 102 valence electrons. The van der Waals surface area contributed by atoms with Crippen LogP contribution in [0.15, 0.2) is 0 Å². The van der Waals surface area contributed by atoms with Crippen LogP contribution in [0.4, 0.5) is 4.79 Å². The van der Waals surface area contributed by atoms with Crippen molar-refractivity contribution in [3.63, 3.8) is 0 Å². The predicted molar refractivity (Wildman–Crippen MR) is 61.2 cm³/mol. The molecule has 7 nitrogen and oxygen atoms in total. The number of rotatable bonds is 4. The molecule has 2 fully saturated rings. The number of urea groups is 1. The van der Waals surface area contributed by atoms with E-state index >= 15 is 0 Å². The molecule has 2 rings (SSSR count). The van der Waals surface area contributed by atoms with Crippen molar-refractivity contribution in [1.29, 1.82) is 0 Å². The Morgan fingerprint density at radius 3 is 2.67 bits per heavy atom. The fourth-order valence-electron chi connectivity index (χ4n) is 2.11. The van der Waals surface area contributed by atoms with Gasteiger partial charge in [-0.05, 0) is 12.8 Å². The number of morpholine rings is 1. The summed E-state index contributed by atoms with van der Waals surface area (Å²) in [6, 6.07) is -0.640. The van der Waals surface area contributed by atoms with E-state index in [2.05, 4.69) is 0 Å². The van der Waals surface area contributed by atoms with E-state index in [9.17, 15) is 14.7 Å². The average Bonchev–Trinajstić information content (AvgIpc) is 3.19. The van der Waals surface area contributed by atoms with Crippen LogP contribution in [0.25, 0.3) is 0 Å². The van der Waals surface area contributed by atoms with Crippen molar-refractivity contribution in [1.82, 2.24) is 9.80 Å². The highest BCUT2D eigenvalue weighted by Gasteiger charge is 2.38. The molecule has 1 aliphatic carbocycles. The number of hydrogen-bond donors (Lipinski definition) is 2. The summed E-state index contributed by atoms with van der Waals surface area (Å²) >= 11 is 0. The van der Waals surface area contributed by atoms with Crippen LogP contribution in [-0.2, 0) is 9.53 Å². The number of carboxylic acid groups (broad SMARTS) is 1. The molecule has 0 bridgehead atoms. The van der Waals surface area contributed by atoms with Crippen molar-refractivity contribution < 1.29 is 24.5 Å². The van der Waals surface area contributed by atoms with E-state index < -0.39 is 5.97 Å². The lowest BCUT2D eigenvalue weighted by molar-refractivity contribution is -0.138. The topological polar surface area (TPSA) is 90.3 Å².